The van der Waals surface area contributed by atoms with Gasteiger partial charge in [0, 0.05) is 0 Å². The second-order valence-corrected chi connectivity index (χ2v) is 6.68. The van der Waals surface area contributed by atoms with E-state index in [-0.39, 0.29) is 5.97 Å². The average molecular weight is 342 g/mol. The van der Waals surface area contributed by atoms with Crippen LogP contribution in [0.4, 0.5) is 0 Å². The van der Waals surface area contributed by atoms with Crippen LogP contribution in [0.15, 0.2) is 66.3 Å². The number of carbonyl (C=O) groups excluding carboxylic acids is 1. The Morgan fingerprint density at radius 3 is 2.44 bits per heavy atom. The highest BCUT2D eigenvalue weighted by Gasteiger charge is 2.13. The maximum atomic E-state index is 11.9. The van der Waals surface area contributed by atoms with Gasteiger partial charge < -0.3 is 9.84 Å². The highest BCUT2D eigenvalue weighted by molar-refractivity contribution is 5.89. The van der Waals surface area contributed by atoms with Gasteiger partial charge in [0.1, 0.15) is 6.61 Å². The van der Waals surface area contributed by atoms with Crippen LogP contribution in [0, 0.1) is 0 Å². The highest BCUT2D eigenvalue weighted by Crippen LogP contribution is 2.15. The fraction of sp³-hybridized carbons (Fsp3) is 0.409. The van der Waals surface area contributed by atoms with E-state index in [1.165, 1.54) is 5.57 Å². The Morgan fingerprint density at radius 1 is 1.16 bits per heavy atom. The molecule has 1 aromatic rings. The molecule has 0 saturated carbocycles. The van der Waals surface area contributed by atoms with Crippen LogP contribution >= 0.6 is 0 Å². The van der Waals surface area contributed by atoms with Crippen LogP contribution in [0.2, 0.25) is 0 Å². The summed E-state index contributed by atoms with van der Waals surface area (Å²) in [7, 11) is 0. The number of hydrogen-bond acceptors (Lipinski definition) is 3. The van der Waals surface area contributed by atoms with Gasteiger partial charge in [-0.05, 0) is 64.2 Å². The molecule has 0 aliphatic rings. The number of carbonyl (C=O) groups is 1. The molecule has 1 rings (SSSR count). The molecule has 0 heterocycles. The van der Waals surface area contributed by atoms with Crippen molar-refractivity contribution in [3.63, 3.8) is 0 Å². The molecule has 25 heavy (non-hydrogen) atoms. The Kier molecular flexibility index (Phi) is 8.93. The summed E-state index contributed by atoms with van der Waals surface area (Å²) in [4.78, 5) is 11.9. The zero-order chi connectivity index (χ0) is 18.7. The van der Waals surface area contributed by atoms with E-state index in [0.717, 1.165) is 24.8 Å². The minimum atomic E-state index is -0.796. The van der Waals surface area contributed by atoms with Crippen LogP contribution < -0.4 is 0 Å². The molecular weight excluding hydrogens is 312 g/mol. The Hall–Kier alpha value is -2.13. The van der Waals surface area contributed by atoms with Gasteiger partial charge in [-0.1, -0.05) is 42.0 Å². The first-order chi connectivity index (χ1) is 11.8. The molecule has 0 aromatic heterocycles. The maximum absolute atomic E-state index is 11.9. The lowest BCUT2D eigenvalue weighted by atomic mass is 9.99. The number of aliphatic hydroxyl groups is 1. The summed E-state index contributed by atoms with van der Waals surface area (Å²) in [6.45, 7) is 9.79. The monoisotopic (exact) mass is 342 g/mol. The van der Waals surface area contributed by atoms with Crippen molar-refractivity contribution in [2.24, 2.45) is 0 Å². The predicted molar refractivity (Wildman–Crippen MR) is 104 cm³/mol. The lowest BCUT2D eigenvalue weighted by Crippen LogP contribution is -2.19. The van der Waals surface area contributed by atoms with Crippen LogP contribution in [0.5, 0.6) is 0 Å². The number of rotatable bonds is 10. The minimum Gasteiger partial charge on any atom is -0.458 e. The molecule has 1 atom stereocenters. The third-order valence-corrected chi connectivity index (χ3v) is 4.05. The molecule has 0 radical (unpaired) electrons. The van der Waals surface area contributed by atoms with Crippen molar-refractivity contribution in [3.05, 3.63) is 71.8 Å². The molecular formula is C22H30O3. The number of hydrogen-bond donors (Lipinski definition) is 1. The van der Waals surface area contributed by atoms with E-state index in [9.17, 15) is 9.90 Å². The Labute approximate surface area is 151 Å². The lowest BCUT2D eigenvalue weighted by Gasteiger charge is -2.16. The van der Waals surface area contributed by atoms with Crippen molar-refractivity contribution in [2.75, 3.05) is 6.61 Å². The molecule has 1 aromatic carbocycles. The number of ether oxygens (including phenoxy) is 1. The summed E-state index contributed by atoms with van der Waals surface area (Å²) in [6.07, 6.45) is 9.24. The molecule has 0 saturated heterocycles. The first-order valence-electron chi connectivity index (χ1n) is 8.73. The van der Waals surface area contributed by atoms with Gasteiger partial charge in [-0.3, -0.25) is 0 Å². The summed E-state index contributed by atoms with van der Waals surface area (Å²) >= 11 is 0. The van der Waals surface area contributed by atoms with E-state index in [0.29, 0.717) is 18.6 Å². The fourth-order valence-corrected chi connectivity index (χ4v) is 2.26. The largest absolute Gasteiger partial charge is 0.458 e. The average Bonchev–Trinajstić information content (AvgIpc) is 2.60. The van der Waals surface area contributed by atoms with Gasteiger partial charge in [0.15, 0.2) is 0 Å². The Bertz CT molecular complexity index is 609. The van der Waals surface area contributed by atoms with Crippen LogP contribution in [0.1, 0.15) is 56.8 Å². The molecule has 0 aliphatic carbocycles. The van der Waals surface area contributed by atoms with Crippen molar-refractivity contribution in [2.45, 2.75) is 52.1 Å². The first kappa shape index (κ1) is 20.9. The van der Waals surface area contributed by atoms with Gasteiger partial charge in [0.05, 0.1) is 11.2 Å². The Morgan fingerprint density at radius 2 is 1.80 bits per heavy atom. The van der Waals surface area contributed by atoms with E-state index in [1.807, 2.05) is 25.1 Å². The second kappa shape index (κ2) is 10.7. The number of benzene rings is 1. The van der Waals surface area contributed by atoms with E-state index < -0.39 is 5.60 Å². The number of allylic oxidation sites excluding steroid dienone is 3. The van der Waals surface area contributed by atoms with Crippen molar-refractivity contribution in [1.29, 1.82) is 0 Å². The van der Waals surface area contributed by atoms with Gasteiger partial charge in [-0.2, -0.15) is 0 Å². The van der Waals surface area contributed by atoms with Gasteiger partial charge in [0.2, 0.25) is 0 Å². The quantitative estimate of drug-likeness (QED) is 0.467. The summed E-state index contributed by atoms with van der Waals surface area (Å²) in [6, 6.07) is 9.01. The van der Waals surface area contributed by atoms with Crippen molar-refractivity contribution in [1.82, 2.24) is 0 Å². The van der Waals surface area contributed by atoms with Crippen LogP contribution in [-0.4, -0.2) is 23.3 Å². The maximum Gasteiger partial charge on any atom is 0.338 e. The molecule has 0 amide bonds. The second-order valence-electron chi connectivity index (χ2n) is 6.68. The summed E-state index contributed by atoms with van der Waals surface area (Å²) < 4.78 is 5.30. The van der Waals surface area contributed by atoms with Gasteiger partial charge in [-0.15, -0.1) is 6.58 Å². The third kappa shape index (κ3) is 9.06. The summed E-state index contributed by atoms with van der Waals surface area (Å²) in [5, 5.41) is 9.87. The zero-order valence-electron chi connectivity index (χ0n) is 15.6. The molecule has 136 valence electrons. The van der Waals surface area contributed by atoms with Crippen molar-refractivity contribution < 1.29 is 14.6 Å². The Balaban J connectivity index is 2.30. The molecule has 0 aliphatic heterocycles. The number of esters is 1. The van der Waals surface area contributed by atoms with Crippen LogP contribution in [-0.2, 0) is 4.74 Å². The van der Waals surface area contributed by atoms with Crippen molar-refractivity contribution >= 4 is 5.97 Å². The first-order valence-corrected chi connectivity index (χ1v) is 8.73. The molecule has 3 nitrogen and oxygen atoms in total. The van der Waals surface area contributed by atoms with Gasteiger partial charge in [0.25, 0.3) is 0 Å². The highest BCUT2D eigenvalue weighted by atomic mass is 16.5. The van der Waals surface area contributed by atoms with E-state index in [2.05, 4.69) is 25.7 Å². The van der Waals surface area contributed by atoms with E-state index in [1.54, 1.807) is 25.1 Å². The summed E-state index contributed by atoms with van der Waals surface area (Å²) in [5.74, 6) is -0.293. The smallest absolute Gasteiger partial charge is 0.338 e. The molecule has 1 N–H and O–H groups in total. The zero-order valence-corrected chi connectivity index (χ0v) is 15.6. The minimum absolute atomic E-state index is 0.293. The molecule has 1 unspecified atom stereocenters. The topological polar surface area (TPSA) is 46.5 Å². The standard InChI is InChI=1S/C22H30O3/c1-5-22(4,24)16-10-13-18(2)11-9-12-19(3)17-25-21(23)20-14-7-6-8-15-20/h5-8,12-15,24H,1,9-11,16-17H2,2-4H3. The molecule has 0 fully saturated rings. The fourth-order valence-electron chi connectivity index (χ4n) is 2.26. The lowest BCUT2D eigenvalue weighted by molar-refractivity contribution is 0.0539. The SMILES string of the molecule is C=CC(C)(O)CCC=C(C)CCC=C(C)COC(=O)c1ccccc1. The molecule has 3 heteroatoms. The van der Waals surface area contributed by atoms with Crippen LogP contribution in [0.3, 0.4) is 0 Å². The van der Waals surface area contributed by atoms with Crippen molar-refractivity contribution in [3.8, 4) is 0 Å². The molecule has 0 spiro atoms. The van der Waals surface area contributed by atoms with Crippen LogP contribution in [0.25, 0.3) is 0 Å². The van der Waals surface area contributed by atoms with Gasteiger partial charge in [-0.25, -0.2) is 4.79 Å². The third-order valence-electron chi connectivity index (χ3n) is 4.05. The van der Waals surface area contributed by atoms with E-state index in [4.69, 9.17) is 4.74 Å². The predicted octanol–water partition coefficient (Wildman–Crippen LogP) is 5.23. The molecule has 0 bridgehead atoms. The van der Waals surface area contributed by atoms with E-state index >= 15 is 0 Å². The summed E-state index contributed by atoms with van der Waals surface area (Å²) in [5.41, 5.74) is 2.12. The van der Waals surface area contributed by atoms with Gasteiger partial charge >= 0.3 is 5.97 Å². The normalized spacial score (nSPS) is 14.7.